The Bertz CT molecular complexity index is 655. The van der Waals surface area contributed by atoms with Gasteiger partial charge in [-0.15, -0.1) is 0 Å². The minimum atomic E-state index is -0.214. The first kappa shape index (κ1) is 16.3. The predicted octanol–water partition coefficient (Wildman–Crippen LogP) is 0.545. The SMILES string of the molecule is O=C(NCc1ccnc(N2CCOCC2)c1)[C@@H]1CC(=O)N(C2CC2)C1. The zero-order valence-corrected chi connectivity index (χ0v) is 14.3. The summed E-state index contributed by atoms with van der Waals surface area (Å²) in [6.07, 6.45) is 4.29. The van der Waals surface area contributed by atoms with Gasteiger partial charge >= 0.3 is 0 Å². The van der Waals surface area contributed by atoms with Gasteiger partial charge in [-0.2, -0.15) is 0 Å². The lowest BCUT2D eigenvalue weighted by Gasteiger charge is -2.28. The average molecular weight is 344 g/mol. The summed E-state index contributed by atoms with van der Waals surface area (Å²) in [5.41, 5.74) is 1.02. The summed E-state index contributed by atoms with van der Waals surface area (Å²) in [4.78, 5) is 32.9. The smallest absolute Gasteiger partial charge is 0.225 e. The minimum Gasteiger partial charge on any atom is -0.378 e. The predicted molar refractivity (Wildman–Crippen MR) is 92.0 cm³/mol. The number of ether oxygens (including phenoxy) is 1. The molecule has 3 fully saturated rings. The van der Waals surface area contributed by atoms with E-state index >= 15 is 0 Å². The molecular formula is C18H24N4O3. The molecule has 1 saturated carbocycles. The summed E-state index contributed by atoms with van der Waals surface area (Å²) >= 11 is 0. The van der Waals surface area contributed by atoms with Crippen LogP contribution in [0.2, 0.25) is 0 Å². The van der Waals surface area contributed by atoms with Gasteiger partial charge in [0.25, 0.3) is 0 Å². The Morgan fingerprint density at radius 1 is 1.32 bits per heavy atom. The van der Waals surface area contributed by atoms with Crippen LogP contribution in [0.15, 0.2) is 18.3 Å². The van der Waals surface area contributed by atoms with E-state index in [1.165, 1.54) is 0 Å². The number of morpholine rings is 1. The normalized spacial score (nSPS) is 23.8. The summed E-state index contributed by atoms with van der Waals surface area (Å²) in [6, 6.07) is 4.32. The molecule has 2 aliphatic heterocycles. The Hall–Kier alpha value is -2.15. The van der Waals surface area contributed by atoms with Crippen LogP contribution in [0.4, 0.5) is 5.82 Å². The fourth-order valence-corrected chi connectivity index (χ4v) is 3.52. The highest BCUT2D eigenvalue weighted by Gasteiger charge is 2.41. The van der Waals surface area contributed by atoms with Crippen LogP contribution in [0.3, 0.4) is 0 Å². The van der Waals surface area contributed by atoms with Gasteiger partial charge in [-0.25, -0.2) is 4.98 Å². The minimum absolute atomic E-state index is 0.0266. The molecule has 2 amide bonds. The molecule has 1 aromatic heterocycles. The maximum atomic E-state index is 12.4. The molecule has 0 radical (unpaired) electrons. The largest absolute Gasteiger partial charge is 0.378 e. The van der Waals surface area contributed by atoms with E-state index in [0.29, 0.717) is 25.6 Å². The monoisotopic (exact) mass is 344 g/mol. The molecule has 1 aromatic rings. The Morgan fingerprint density at radius 3 is 2.88 bits per heavy atom. The lowest BCUT2D eigenvalue weighted by atomic mass is 10.1. The molecule has 0 aromatic carbocycles. The quantitative estimate of drug-likeness (QED) is 0.844. The van der Waals surface area contributed by atoms with Gasteiger partial charge in [-0.05, 0) is 30.5 Å². The maximum absolute atomic E-state index is 12.4. The van der Waals surface area contributed by atoms with Crippen LogP contribution in [-0.4, -0.2) is 60.6 Å². The van der Waals surface area contributed by atoms with Crippen molar-refractivity contribution < 1.29 is 14.3 Å². The van der Waals surface area contributed by atoms with Crippen molar-refractivity contribution in [2.24, 2.45) is 5.92 Å². The van der Waals surface area contributed by atoms with Gasteiger partial charge in [-0.1, -0.05) is 0 Å². The first-order chi connectivity index (χ1) is 12.2. The maximum Gasteiger partial charge on any atom is 0.225 e. The number of nitrogens with zero attached hydrogens (tertiary/aromatic N) is 3. The molecule has 1 N–H and O–H groups in total. The number of aromatic nitrogens is 1. The van der Waals surface area contributed by atoms with Crippen molar-refractivity contribution in [1.29, 1.82) is 0 Å². The second-order valence-corrected chi connectivity index (χ2v) is 7.02. The molecular weight excluding hydrogens is 320 g/mol. The van der Waals surface area contributed by atoms with Crippen molar-refractivity contribution in [2.45, 2.75) is 31.8 Å². The number of carbonyl (C=O) groups excluding carboxylic acids is 2. The number of rotatable bonds is 5. The van der Waals surface area contributed by atoms with Crippen molar-refractivity contribution >= 4 is 17.6 Å². The first-order valence-corrected chi connectivity index (χ1v) is 9.05. The highest BCUT2D eigenvalue weighted by molar-refractivity contribution is 5.89. The number of nitrogens with one attached hydrogen (secondary N) is 1. The van der Waals surface area contributed by atoms with Crippen molar-refractivity contribution in [1.82, 2.24) is 15.2 Å². The lowest BCUT2D eigenvalue weighted by molar-refractivity contribution is -0.129. The van der Waals surface area contributed by atoms with Crippen LogP contribution in [0.5, 0.6) is 0 Å². The molecule has 4 rings (SSSR count). The molecule has 1 aliphatic carbocycles. The van der Waals surface area contributed by atoms with Crippen LogP contribution >= 0.6 is 0 Å². The summed E-state index contributed by atoms with van der Waals surface area (Å²) in [7, 11) is 0. The third kappa shape index (κ3) is 3.76. The topological polar surface area (TPSA) is 74.8 Å². The van der Waals surface area contributed by atoms with Gasteiger partial charge in [-0.3, -0.25) is 9.59 Å². The fraction of sp³-hybridized carbons (Fsp3) is 0.611. The summed E-state index contributed by atoms with van der Waals surface area (Å²) < 4.78 is 5.37. The molecule has 0 unspecified atom stereocenters. The fourth-order valence-electron chi connectivity index (χ4n) is 3.52. The van der Waals surface area contributed by atoms with E-state index in [1.54, 1.807) is 6.20 Å². The average Bonchev–Trinajstić information content (AvgIpc) is 3.42. The highest BCUT2D eigenvalue weighted by Crippen LogP contribution is 2.32. The van der Waals surface area contributed by atoms with Gasteiger partial charge in [0.1, 0.15) is 5.82 Å². The molecule has 7 nitrogen and oxygen atoms in total. The van der Waals surface area contributed by atoms with Gasteiger partial charge in [0.15, 0.2) is 0 Å². The lowest BCUT2D eigenvalue weighted by Crippen LogP contribution is -2.37. The van der Waals surface area contributed by atoms with Crippen LogP contribution in [0.1, 0.15) is 24.8 Å². The van der Waals surface area contributed by atoms with E-state index in [2.05, 4.69) is 15.2 Å². The summed E-state index contributed by atoms with van der Waals surface area (Å²) in [6.45, 7) is 4.15. The molecule has 1 atom stereocenters. The molecule has 2 saturated heterocycles. The van der Waals surface area contributed by atoms with Crippen LogP contribution in [-0.2, 0) is 20.9 Å². The van der Waals surface area contributed by atoms with Crippen LogP contribution in [0.25, 0.3) is 0 Å². The Morgan fingerprint density at radius 2 is 2.12 bits per heavy atom. The molecule has 0 spiro atoms. The third-order valence-corrected chi connectivity index (χ3v) is 5.13. The first-order valence-electron chi connectivity index (χ1n) is 9.05. The molecule has 134 valence electrons. The number of carbonyl (C=O) groups is 2. The molecule has 0 bridgehead atoms. The van der Waals surface area contributed by atoms with E-state index < -0.39 is 0 Å². The number of pyridine rings is 1. The number of hydrogen-bond acceptors (Lipinski definition) is 5. The van der Waals surface area contributed by atoms with E-state index in [1.807, 2.05) is 17.0 Å². The van der Waals surface area contributed by atoms with E-state index in [4.69, 9.17) is 4.74 Å². The second-order valence-electron chi connectivity index (χ2n) is 7.02. The zero-order chi connectivity index (χ0) is 17.2. The second kappa shape index (κ2) is 7.00. The standard InChI is InChI=1S/C18H24N4O3/c23-17-10-14(12-22(17)15-1-2-15)18(24)20-11-13-3-4-19-16(9-13)21-5-7-25-8-6-21/h3-4,9,14-15H,1-2,5-8,10-12H2,(H,20,24)/t14-/m1/s1. The zero-order valence-electron chi connectivity index (χ0n) is 14.3. The molecule has 25 heavy (non-hydrogen) atoms. The number of amides is 2. The van der Waals surface area contributed by atoms with Crippen LogP contribution < -0.4 is 10.2 Å². The van der Waals surface area contributed by atoms with Crippen LogP contribution in [0, 0.1) is 5.92 Å². The van der Waals surface area contributed by atoms with E-state index in [0.717, 1.165) is 50.5 Å². The van der Waals surface area contributed by atoms with Crippen molar-refractivity contribution in [3.63, 3.8) is 0 Å². The third-order valence-electron chi connectivity index (χ3n) is 5.13. The Balaban J connectivity index is 1.32. The molecule has 7 heteroatoms. The molecule has 3 aliphatic rings. The van der Waals surface area contributed by atoms with Gasteiger partial charge in [0.05, 0.1) is 19.1 Å². The Labute approximate surface area is 147 Å². The van der Waals surface area contributed by atoms with Gasteiger partial charge in [0, 0.05) is 44.8 Å². The summed E-state index contributed by atoms with van der Waals surface area (Å²) in [5, 5.41) is 2.98. The van der Waals surface area contributed by atoms with Crippen molar-refractivity contribution in [3.05, 3.63) is 23.9 Å². The van der Waals surface area contributed by atoms with E-state index in [-0.39, 0.29) is 17.7 Å². The molecule has 3 heterocycles. The highest BCUT2D eigenvalue weighted by atomic mass is 16.5. The van der Waals surface area contributed by atoms with Crippen molar-refractivity contribution in [2.75, 3.05) is 37.7 Å². The Kier molecular flexibility index (Phi) is 4.57. The van der Waals surface area contributed by atoms with Gasteiger partial charge < -0.3 is 19.9 Å². The number of anilines is 1. The van der Waals surface area contributed by atoms with E-state index in [9.17, 15) is 9.59 Å². The summed E-state index contributed by atoms with van der Waals surface area (Å²) in [5.74, 6) is 0.807. The number of likely N-dealkylation sites (tertiary alicyclic amines) is 1. The number of hydrogen-bond donors (Lipinski definition) is 1. The van der Waals surface area contributed by atoms with Crippen molar-refractivity contribution in [3.8, 4) is 0 Å². The van der Waals surface area contributed by atoms with Gasteiger partial charge in [0.2, 0.25) is 11.8 Å².